The number of aryl methyl sites for hydroxylation is 1. The number of esters is 1. The number of benzene rings is 1. The van der Waals surface area contributed by atoms with E-state index in [1.165, 1.54) is 36.7 Å². The third-order valence-electron chi connectivity index (χ3n) is 3.74. The Morgan fingerprint density at radius 2 is 2.07 bits per heavy atom. The quantitative estimate of drug-likeness (QED) is 0.274. The minimum Gasteiger partial charge on any atom is -0.468 e. The first-order chi connectivity index (χ1) is 13.4. The highest BCUT2D eigenvalue weighted by Crippen LogP contribution is 2.24. The molecule has 1 amide bonds. The van der Waals surface area contributed by atoms with Crippen LogP contribution in [0.2, 0.25) is 0 Å². The van der Waals surface area contributed by atoms with Crippen molar-refractivity contribution in [3.05, 3.63) is 61.8 Å². The van der Waals surface area contributed by atoms with Crippen LogP contribution in [0.4, 0.5) is 5.00 Å². The monoisotopic (exact) mass is 417 g/mol. The fraction of sp³-hybridized carbons (Fsp3) is 0.167. The van der Waals surface area contributed by atoms with Gasteiger partial charge >= 0.3 is 11.0 Å². The van der Waals surface area contributed by atoms with Crippen LogP contribution in [-0.4, -0.2) is 28.5 Å². The van der Waals surface area contributed by atoms with Gasteiger partial charge in [0.25, 0.3) is 5.91 Å². The van der Waals surface area contributed by atoms with Crippen molar-refractivity contribution < 1.29 is 19.2 Å². The number of hydrogen-bond donors (Lipinski definition) is 0. The molecule has 3 rings (SSSR count). The van der Waals surface area contributed by atoms with E-state index >= 15 is 0 Å². The molecular weight excluding hydrogens is 402 g/mol. The first-order valence-electron chi connectivity index (χ1n) is 8.05. The molecule has 28 heavy (non-hydrogen) atoms. The van der Waals surface area contributed by atoms with E-state index in [0.717, 1.165) is 27.1 Å². The molecule has 1 aromatic carbocycles. The van der Waals surface area contributed by atoms with Crippen molar-refractivity contribution in [2.75, 3.05) is 7.11 Å². The lowest BCUT2D eigenvalue weighted by molar-refractivity contribution is -0.380. The highest BCUT2D eigenvalue weighted by Gasteiger charge is 2.12. The van der Waals surface area contributed by atoms with Crippen LogP contribution in [0, 0.1) is 17.0 Å². The molecule has 0 aliphatic carbocycles. The maximum absolute atomic E-state index is 12.3. The Kier molecular flexibility index (Phi) is 5.81. The van der Waals surface area contributed by atoms with Crippen LogP contribution in [0.5, 0.6) is 0 Å². The zero-order valence-corrected chi connectivity index (χ0v) is 16.6. The van der Waals surface area contributed by atoms with Gasteiger partial charge in [-0.15, -0.1) is 0 Å². The van der Waals surface area contributed by atoms with Crippen LogP contribution < -0.4 is 4.80 Å². The smallest absolute Gasteiger partial charge is 0.325 e. The summed E-state index contributed by atoms with van der Waals surface area (Å²) in [5.74, 6) is -0.978. The van der Waals surface area contributed by atoms with Crippen LogP contribution >= 0.6 is 22.7 Å². The second-order valence-corrected chi connectivity index (χ2v) is 7.84. The van der Waals surface area contributed by atoms with Gasteiger partial charge in [-0.1, -0.05) is 28.7 Å². The van der Waals surface area contributed by atoms with E-state index < -0.39 is 16.8 Å². The number of thiazole rings is 1. The molecule has 8 nitrogen and oxygen atoms in total. The van der Waals surface area contributed by atoms with E-state index in [4.69, 9.17) is 4.74 Å². The number of rotatable bonds is 5. The topological polar surface area (TPSA) is 104 Å². The van der Waals surface area contributed by atoms with Gasteiger partial charge in [0.1, 0.15) is 6.54 Å². The summed E-state index contributed by atoms with van der Waals surface area (Å²) in [6, 6.07) is 8.68. The van der Waals surface area contributed by atoms with Crippen LogP contribution in [0.15, 0.2) is 41.4 Å². The number of carbonyl (C=O) groups excluding carboxylic acids is 2. The number of aromatic nitrogens is 1. The lowest BCUT2D eigenvalue weighted by Gasteiger charge is -2.03. The summed E-state index contributed by atoms with van der Waals surface area (Å²) in [7, 11) is 1.30. The fourth-order valence-electron chi connectivity index (χ4n) is 2.43. The maximum Gasteiger partial charge on any atom is 0.325 e. The van der Waals surface area contributed by atoms with Crippen molar-refractivity contribution in [1.29, 1.82) is 0 Å². The Balaban J connectivity index is 1.95. The predicted octanol–water partition coefficient (Wildman–Crippen LogP) is 3.29. The summed E-state index contributed by atoms with van der Waals surface area (Å²) in [4.78, 5) is 39.3. The molecule has 2 heterocycles. The predicted molar refractivity (Wildman–Crippen MR) is 107 cm³/mol. The van der Waals surface area contributed by atoms with Crippen molar-refractivity contribution in [3.63, 3.8) is 0 Å². The molecule has 0 atom stereocenters. The number of nitro groups is 1. The third-order valence-corrected chi connectivity index (χ3v) is 5.79. The molecule has 0 saturated heterocycles. The van der Waals surface area contributed by atoms with Crippen LogP contribution in [0.1, 0.15) is 10.4 Å². The SMILES string of the molecule is COC(=O)Cn1c(=NC(=O)/C=C\c2ccc([N+](=O)[O-])s2)sc2cc(C)ccc21. The number of hydrogen-bond acceptors (Lipinski definition) is 7. The maximum atomic E-state index is 12.3. The van der Waals surface area contributed by atoms with Gasteiger partial charge in [-0.2, -0.15) is 4.99 Å². The molecule has 0 fully saturated rings. The molecule has 0 aliphatic rings. The van der Waals surface area contributed by atoms with Gasteiger partial charge in [-0.05, 0) is 36.8 Å². The van der Waals surface area contributed by atoms with Crippen molar-refractivity contribution in [2.45, 2.75) is 13.5 Å². The van der Waals surface area contributed by atoms with Crippen molar-refractivity contribution in [2.24, 2.45) is 4.99 Å². The average molecular weight is 417 g/mol. The first-order valence-corrected chi connectivity index (χ1v) is 9.68. The highest BCUT2D eigenvalue weighted by atomic mass is 32.1. The summed E-state index contributed by atoms with van der Waals surface area (Å²) < 4.78 is 7.26. The number of nitrogens with zero attached hydrogens (tertiary/aromatic N) is 3. The summed E-state index contributed by atoms with van der Waals surface area (Å²) in [5, 5.41) is 10.7. The van der Waals surface area contributed by atoms with Gasteiger partial charge in [0.15, 0.2) is 4.80 Å². The van der Waals surface area contributed by atoms with Crippen LogP contribution in [-0.2, 0) is 20.9 Å². The Hall–Kier alpha value is -3.11. The van der Waals surface area contributed by atoms with Crippen molar-refractivity contribution in [3.8, 4) is 0 Å². The first kappa shape index (κ1) is 19.6. The number of ether oxygens (including phenoxy) is 1. The van der Waals surface area contributed by atoms with Gasteiger partial charge in [-0.3, -0.25) is 19.7 Å². The Bertz CT molecular complexity index is 1170. The molecule has 0 radical (unpaired) electrons. The van der Waals surface area contributed by atoms with Gasteiger partial charge in [0, 0.05) is 17.0 Å². The van der Waals surface area contributed by atoms with E-state index in [2.05, 4.69) is 4.99 Å². The molecule has 10 heteroatoms. The molecule has 144 valence electrons. The van der Waals surface area contributed by atoms with E-state index in [-0.39, 0.29) is 11.5 Å². The minimum absolute atomic E-state index is 0.000154. The van der Waals surface area contributed by atoms with E-state index in [1.807, 2.05) is 25.1 Å². The highest BCUT2D eigenvalue weighted by molar-refractivity contribution is 7.16. The minimum atomic E-state index is -0.530. The normalized spacial score (nSPS) is 12.0. The van der Waals surface area contributed by atoms with E-state index in [0.29, 0.717) is 9.68 Å². The van der Waals surface area contributed by atoms with Gasteiger partial charge in [0.2, 0.25) is 0 Å². The number of amides is 1. The molecule has 0 saturated carbocycles. The third kappa shape index (κ3) is 4.41. The molecule has 0 N–H and O–H groups in total. The fourth-order valence-corrected chi connectivity index (χ4v) is 4.28. The average Bonchev–Trinajstić information content (AvgIpc) is 3.25. The van der Waals surface area contributed by atoms with E-state index in [1.54, 1.807) is 10.6 Å². The van der Waals surface area contributed by atoms with Gasteiger partial charge in [0.05, 0.1) is 22.2 Å². The molecule has 0 aliphatic heterocycles. The molecule has 0 unspecified atom stereocenters. The van der Waals surface area contributed by atoms with Crippen LogP contribution in [0.3, 0.4) is 0 Å². The Morgan fingerprint density at radius 3 is 2.75 bits per heavy atom. The van der Waals surface area contributed by atoms with Crippen molar-refractivity contribution in [1.82, 2.24) is 4.57 Å². The summed E-state index contributed by atoms with van der Waals surface area (Å²) in [6.45, 7) is 1.89. The second kappa shape index (κ2) is 8.28. The van der Waals surface area contributed by atoms with E-state index in [9.17, 15) is 19.7 Å². The molecule has 2 aromatic heterocycles. The Morgan fingerprint density at radius 1 is 1.29 bits per heavy atom. The summed E-state index contributed by atoms with van der Waals surface area (Å²) >= 11 is 2.26. The zero-order valence-electron chi connectivity index (χ0n) is 14.9. The standard InChI is InChI=1S/C18H15N3O5S2/c1-11-3-6-13-14(9-11)28-18(20(13)10-17(23)26-2)19-15(22)7-4-12-5-8-16(27-12)21(24)25/h3-9H,10H2,1-2H3/b7-4-,19-18?. The lowest BCUT2D eigenvalue weighted by atomic mass is 10.2. The summed E-state index contributed by atoms with van der Waals surface area (Å²) in [5.41, 5.74) is 1.83. The van der Waals surface area contributed by atoms with Gasteiger partial charge in [-0.25, -0.2) is 0 Å². The molecule has 3 aromatic rings. The van der Waals surface area contributed by atoms with Crippen molar-refractivity contribution >= 4 is 55.8 Å². The Labute approximate surface area is 167 Å². The van der Waals surface area contributed by atoms with Gasteiger partial charge < -0.3 is 9.30 Å². The number of carbonyl (C=O) groups is 2. The largest absolute Gasteiger partial charge is 0.468 e. The molecular formula is C18H15N3O5S2. The second-order valence-electron chi connectivity index (χ2n) is 5.73. The lowest BCUT2D eigenvalue weighted by Crippen LogP contribution is -2.22. The number of thiophene rings is 1. The number of methoxy groups -OCH3 is 1. The molecule has 0 spiro atoms. The summed E-state index contributed by atoms with van der Waals surface area (Å²) in [6.07, 6.45) is 2.72. The molecule has 0 bridgehead atoms. The zero-order chi connectivity index (χ0) is 20.3. The number of fused-ring (bicyclic) bond motifs is 1. The van der Waals surface area contributed by atoms with Crippen LogP contribution in [0.25, 0.3) is 16.3 Å².